The SMILES string of the molecule is Cc1cc([C@@H](C)Nc2cccc(F)c2C(=O)O)c2oc(-c3ccc4nn(C)cc4c3)cc(=O)c2c1. The topological polar surface area (TPSA) is 97.4 Å². The lowest BCUT2D eigenvalue weighted by Gasteiger charge is -2.19. The van der Waals surface area contributed by atoms with Gasteiger partial charge in [-0.25, -0.2) is 9.18 Å². The Bertz CT molecular complexity index is 1690. The maximum absolute atomic E-state index is 14.2. The van der Waals surface area contributed by atoms with Gasteiger partial charge in [0.25, 0.3) is 0 Å². The van der Waals surface area contributed by atoms with E-state index in [-0.39, 0.29) is 11.1 Å². The number of halogens is 1. The molecule has 176 valence electrons. The third-order valence-electron chi connectivity index (χ3n) is 5.97. The molecule has 2 N–H and O–H groups in total. The molecular weight excluding hydrogens is 449 g/mol. The second-order valence-electron chi connectivity index (χ2n) is 8.62. The number of aryl methyl sites for hydroxylation is 2. The summed E-state index contributed by atoms with van der Waals surface area (Å²) in [7, 11) is 1.84. The summed E-state index contributed by atoms with van der Waals surface area (Å²) in [6.45, 7) is 3.67. The number of aromatic nitrogens is 2. The molecule has 0 radical (unpaired) electrons. The van der Waals surface area contributed by atoms with E-state index >= 15 is 0 Å². The minimum atomic E-state index is -1.37. The zero-order chi connectivity index (χ0) is 24.9. The number of hydrogen-bond acceptors (Lipinski definition) is 5. The van der Waals surface area contributed by atoms with Gasteiger partial charge in [-0.2, -0.15) is 5.10 Å². The first-order valence-electron chi connectivity index (χ1n) is 11.0. The van der Waals surface area contributed by atoms with Crippen LogP contribution in [0.15, 0.2) is 70.0 Å². The standard InChI is InChI=1S/C27H22FN3O4/c1-14-9-18(15(2)29-22-6-4-5-20(28)25(22)27(33)34)26-19(10-14)23(32)12-24(35-26)16-7-8-21-17(11-16)13-31(3)30-21/h4-13,15,29H,1-3H3,(H,33,34)/t15-/m1/s1. The van der Waals surface area contributed by atoms with Crippen molar-refractivity contribution in [2.45, 2.75) is 19.9 Å². The number of rotatable bonds is 5. The minimum absolute atomic E-state index is 0.139. The predicted octanol–water partition coefficient (Wildman–Crippen LogP) is 5.67. The highest BCUT2D eigenvalue weighted by molar-refractivity contribution is 5.95. The Morgan fingerprint density at radius 3 is 2.74 bits per heavy atom. The Morgan fingerprint density at radius 2 is 1.97 bits per heavy atom. The minimum Gasteiger partial charge on any atom is -0.478 e. The predicted molar refractivity (Wildman–Crippen MR) is 132 cm³/mol. The molecule has 0 bridgehead atoms. The van der Waals surface area contributed by atoms with E-state index < -0.39 is 23.4 Å². The van der Waals surface area contributed by atoms with Crippen LogP contribution in [0.4, 0.5) is 10.1 Å². The molecule has 0 saturated heterocycles. The number of aromatic carboxylic acids is 1. The second kappa shape index (κ2) is 8.39. The van der Waals surface area contributed by atoms with Gasteiger partial charge in [-0.3, -0.25) is 9.48 Å². The third kappa shape index (κ3) is 4.03. The number of hydrogen-bond donors (Lipinski definition) is 2. The highest BCUT2D eigenvalue weighted by Crippen LogP contribution is 2.32. The van der Waals surface area contributed by atoms with Crippen LogP contribution in [0, 0.1) is 12.7 Å². The lowest BCUT2D eigenvalue weighted by Crippen LogP contribution is -2.13. The number of nitrogens with zero attached hydrogens (tertiary/aromatic N) is 2. The fourth-order valence-corrected chi connectivity index (χ4v) is 4.37. The molecule has 0 aliphatic heterocycles. The van der Waals surface area contributed by atoms with Crippen molar-refractivity contribution in [2.75, 3.05) is 5.32 Å². The summed E-state index contributed by atoms with van der Waals surface area (Å²) < 4.78 is 22.2. The van der Waals surface area contributed by atoms with Gasteiger partial charge in [-0.05, 0) is 55.8 Å². The lowest BCUT2D eigenvalue weighted by atomic mass is 10.00. The first kappa shape index (κ1) is 22.3. The molecule has 8 heteroatoms. The molecule has 1 atom stereocenters. The molecule has 5 aromatic rings. The summed E-state index contributed by atoms with van der Waals surface area (Å²) in [5, 5.41) is 18.3. The largest absolute Gasteiger partial charge is 0.478 e. The van der Waals surface area contributed by atoms with Crippen molar-refractivity contribution >= 4 is 33.5 Å². The fourth-order valence-electron chi connectivity index (χ4n) is 4.37. The normalized spacial score (nSPS) is 12.2. The van der Waals surface area contributed by atoms with Gasteiger partial charge in [0.05, 0.1) is 22.6 Å². The van der Waals surface area contributed by atoms with Crippen molar-refractivity contribution in [3.05, 3.63) is 93.5 Å². The molecule has 2 heterocycles. The van der Waals surface area contributed by atoms with E-state index in [1.54, 1.807) is 17.7 Å². The fraction of sp³-hybridized carbons (Fsp3) is 0.148. The number of benzene rings is 3. The van der Waals surface area contributed by atoms with Crippen LogP contribution in [0.3, 0.4) is 0 Å². The molecule has 2 aromatic heterocycles. The van der Waals surface area contributed by atoms with Gasteiger partial charge in [0.1, 0.15) is 22.7 Å². The Hall–Kier alpha value is -4.46. The van der Waals surface area contributed by atoms with E-state index in [4.69, 9.17) is 4.42 Å². The molecule has 0 fully saturated rings. The van der Waals surface area contributed by atoms with E-state index in [0.717, 1.165) is 28.1 Å². The molecule has 0 saturated carbocycles. The van der Waals surface area contributed by atoms with Gasteiger partial charge < -0.3 is 14.8 Å². The Labute approximate surface area is 199 Å². The summed E-state index contributed by atoms with van der Waals surface area (Å²) in [6, 6.07) is 14.3. The zero-order valence-corrected chi connectivity index (χ0v) is 19.3. The number of fused-ring (bicyclic) bond motifs is 2. The number of anilines is 1. The highest BCUT2D eigenvalue weighted by Gasteiger charge is 2.20. The summed E-state index contributed by atoms with van der Waals surface area (Å²) in [4.78, 5) is 24.7. The van der Waals surface area contributed by atoms with E-state index in [1.807, 2.05) is 44.4 Å². The smallest absolute Gasteiger partial charge is 0.340 e. The number of carbonyl (C=O) groups is 1. The summed E-state index contributed by atoms with van der Waals surface area (Å²) >= 11 is 0. The van der Waals surface area contributed by atoms with E-state index in [2.05, 4.69) is 10.4 Å². The highest BCUT2D eigenvalue weighted by atomic mass is 19.1. The van der Waals surface area contributed by atoms with Gasteiger partial charge in [0, 0.05) is 35.8 Å². The number of carboxylic acids is 1. The third-order valence-corrected chi connectivity index (χ3v) is 5.97. The summed E-state index contributed by atoms with van der Waals surface area (Å²) in [6.07, 6.45) is 1.89. The van der Waals surface area contributed by atoms with Crippen LogP contribution in [-0.4, -0.2) is 20.9 Å². The molecule has 0 unspecified atom stereocenters. The quantitative estimate of drug-likeness (QED) is 0.343. The van der Waals surface area contributed by atoms with Gasteiger partial charge in [0.2, 0.25) is 0 Å². The van der Waals surface area contributed by atoms with E-state index in [1.165, 1.54) is 18.2 Å². The van der Waals surface area contributed by atoms with Crippen LogP contribution < -0.4 is 10.7 Å². The Kier molecular flexibility index (Phi) is 5.36. The zero-order valence-electron chi connectivity index (χ0n) is 19.3. The molecular formula is C27H22FN3O4. The van der Waals surface area contributed by atoms with Crippen molar-refractivity contribution in [1.29, 1.82) is 0 Å². The molecule has 0 amide bonds. The molecule has 0 aliphatic carbocycles. The summed E-state index contributed by atoms with van der Waals surface area (Å²) in [5.74, 6) is -1.79. The van der Waals surface area contributed by atoms with Crippen LogP contribution in [0.25, 0.3) is 33.2 Å². The average Bonchev–Trinajstić information content (AvgIpc) is 3.18. The molecule has 7 nitrogen and oxygen atoms in total. The van der Waals surface area contributed by atoms with Gasteiger partial charge in [-0.1, -0.05) is 12.1 Å². The molecule has 3 aromatic carbocycles. The van der Waals surface area contributed by atoms with Crippen LogP contribution in [0.5, 0.6) is 0 Å². The van der Waals surface area contributed by atoms with Crippen molar-refractivity contribution in [3.8, 4) is 11.3 Å². The van der Waals surface area contributed by atoms with Crippen molar-refractivity contribution in [3.63, 3.8) is 0 Å². The van der Waals surface area contributed by atoms with E-state index in [0.29, 0.717) is 22.3 Å². The first-order valence-corrected chi connectivity index (χ1v) is 11.0. The molecule has 0 spiro atoms. The maximum Gasteiger partial charge on any atom is 0.340 e. The summed E-state index contributed by atoms with van der Waals surface area (Å²) in [5.41, 5.74) is 2.95. The van der Waals surface area contributed by atoms with Gasteiger partial charge in [0.15, 0.2) is 5.43 Å². The van der Waals surface area contributed by atoms with Crippen molar-refractivity contribution < 1.29 is 18.7 Å². The van der Waals surface area contributed by atoms with Crippen LogP contribution >= 0.6 is 0 Å². The second-order valence-corrected chi connectivity index (χ2v) is 8.62. The number of carboxylic acid groups (broad SMARTS) is 1. The molecule has 35 heavy (non-hydrogen) atoms. The van der Waals surface area contributed by atoms with Crippen LogP contribution in [-0.2, 0) is 7.05 Å². The van der Waals surface area contributed by atoms with Crippen LogP contribution in [0.2, 0.25) is 0 Å². The molecule has 5 rings (SSSR count). The molecule has 0 aliphatic rings. The average molecular weight is 471 g/mol. The van der Waals surface area contributed by atoms with E-state index in [9.17, 15) is 19.1 Å². The van der Waals surface area contributed by atoms with Crippen molar-refractivity contribution in [2.24, 2.45) is 7.05 Å². The number of nitrogens with one attached hydrogen (secondary N) is 1. The monoisotopic (exact) mass is 471 g/mol. The first-order chi connectivity index (χ1) is 16.7. The maximum atomic E-state index is 14.2. The van der Waals surface area contributed by atoms with Crippen molar-refractivity contribution in [1.82, 2.24) is 9.78 Å². The van der Waals surface area contributed by atoms with Gasteiger partial charge >= 0.3 is 5.97 Å². The van der Waals surface area contributed by atoms with Crippen LogP contribution in [0.1, 0.15) is 34.5 Å². The van der Waals surface area contributed by atoms with Gasteiger partial charge in [-0.15, -0.1) is 0 Å². The lowest BCUT2D eigenvalue weighted by molar-refractivity contribution is 0.0693. The Balaban J connectivity index is 1.64. The Morgan fingerprint density at radius 1 is 1.17 bits per heavy atom.